The van der Waals surface area contributed by atoms with Gasteiger partial charge in [-0.15, -0.1) is 0 Å². The Balaban J connectivity index is 1.88. The van der Waals surface area contributed by atoms with Gasteiger partial charge in [0, 0.05) is 0 Å². The van der Waals surface area contributed by atoms with Crippen molar-refractivity contribution >= 4 is 23.9 Å². The molecule has 0 aromatic heterocycles. The fourth-order valence-electron chi connectivity index (χ4n) is 2.86. The number of methoxy groups -OCH3 is 1. The van der Waals surface area contributed by atoms with Gasteiger partial charge < -0.3 is 14.8 Å². The number of rotatable bonds is 6. The average molecular weight is 382 g/mol. The van der Waals surface area contributed by atoms with E-state index in [2.05, 4.69) is 5.32 Å². The van der Waals surface area contributed by atoms with Crippen LogP contribution in [0.25, 0.3) is 0 Å². The molecule has 8 nitrogen and oxygen atoms in total. The summed E-state index contributed by atoms with van der Waals surface area (Å²) in [5.74, 6) is -1.65. The Morgan fingerprint density at radius 1 is 1.07 bits per heavy atom. The van der Waals surface area contributed by atoms with Crippen LogP contribution < -0.4 is 5.32 Å². The van der Waals surface area contributed by atoms with Gasteiger partial charge >= 0.3 is 12.1 Å². The average Bonchev–Trinajstić information content (AvgIpc) is 3.05. The van der Waals surface area contributed by atoms with E-state index in [1.165, 1.54) is 19.2 Å². The second-order valence-corrected chi connectivity index (χ2v) is 6.03. The number of ether oxygens (including phenoxy) is 2. The first-order valence-electron chi connectivity index (χ1n) is 8.51. The number of nitrogens with zero attached hydrogens (tertiary/aromatic N) is 1. The van der Waals surface area contributed by atoms with Gasteiger partial charge in [0.25, 0.3) is 11.8 Å². The zero-order chi connectivity index (χ0) is 20.1. The minimum Gasteiger partial charge on any atom is -0.465 e. The molecule has 1 N–H and O–H groups in total. The van der Waals surface area contributed by atoms with Crippen molar-refractivity contribution in [1.82, 2.24) is 10.2 Å². The molecular formula is C20H18N2O6. The van der Waals surface area contributed by atoms with E-state index in [0.717, 1.165) is 4.90 Å². The fourth-order valence-corrected chi connectivity index (χ4v) is 2.86. The molecule has 3 rings (SSSR count). The third-order valence-corrected chi connectivity index (χ3v) is 4.29. The van der Waals surface area contributed by atoms with Gasteiger partial charge in [0.05, 0.1) is 30.8 Å². The lowest BCUT2D eigenvalue weighted by atomic mass is 10.0. The number of benzene rings is 2. The van der Waals surface area contributed by atoms with E-state index in [-0.39, 0.29) is 24.3 Å². The summed E-state index contributed by atoms with van der Waals surface area (Å²) in [4.78, 5) is 49.5. The van der Waals surface area contributed by atoms with Gasteiger partial charge in [0.15, 0.2) is 6.61 Å². The van der Waals surface area contributed by atoms with Crippen molar-refractivity contribution in [2.45, 2.75) is 6.04 Å². The molecule has 144 valence electrons. The molecule has 2 aromatic carbocycles. The number of hydrogen-bond acceptors (Lipinski definition) is 6. The summed E-state index contributed by atoms with van der Waals surface area (Å²) in [6.07, 6.45) is -0.754. The van der Waals surface area contributed by atoms with Gasteiger partial charge in [-0.3, -0.25) is 9.59 Å². The normalized spacial score (nSPS) is 14.4. The van der Waals surface area contributed by atoms with Crippen molar-refractivity contribution in [3.05, 3.63) is 71.3 Å². The van der Waals surface area contributed by atoms with Gasteiger partial charge in [-0.2, -0.15) is 0 Å². The highest BCUT2D eigenvalue weighted by Gasteiger charge is 2.34. The van der Waals surface area contributed by atoms with Crippen molar-refractivity contribution in [2.75, 3.05) is 20.3 Å². The smallest absolute Gasteiger partial charge is 0.417 e. The number of hydrogen-bond donors (Lipinski definition) is 1. The standard InChI is InChI=1S/C20H18N2O6/c1-27-19(25)15-10-6-5-9-14(15)18(24)21-16(13-7-3-2-4-8-13)11-22-17(23)12-28-20(22)26/h2-10,16H,11-12H2,1H3,(H,21,24). The van der Waals surface area contributed by atoms with E-state index in [9.17, 15) is 19.2 Å². The van der Waals surface area contributed by atoms with E-state index in [4.69, 9.17) is 9.47 Å². The van der Waals surface area contributed by atoms with Crippen molar-refractivity contribution in [2.24, 2.45) is 0 Å². The molecule has 0 radical (unpaired) electrons. The van der Waals surface area contributed by atoms with E-state index in [1.807, 2.05) is 6.07 Å². The van der Waals surface area contributed by atoms with Crippen LogP contribution in [0.5, 0.6) is 0 Å². The molecule has 1 aliphatic heterocycles. The van der Waals surface area contributed by atoms with E-state index in [1.54, 1.807) is 36.4 Å². The van der Waals surface area contributed by atoms with Crippen molar-refractivity contribution < 1.29 is 28.7 Å². The number of imide groups is 1. The van der Waals surface area contributed by atoms with Crippen LogP contribution in [0.1, 0.15) is 32.3 Å². The van der Waals surface area contributed by atoms with Crippen LogP contribution in [0.3, 0.4) is 0 Å². The summed E-state index contributed by atoms with van der Waals surface area (Å²) < 4.78 is 9.45. The lowest BCUT2D eigenvalue weighted by Gasteiger charge is -2.23. The Kier molecular flexibility index (Phi) is 5.69. The molecule has 1 unspecified atom stereocenters. The number of cyclic esters (lactones) is 1. The van der Waals surface area contributed by atoms with Crippen molar-refractivity contribution in [3.63, 3.8) is 0 Å². The molecule has 3 amide bonds. The molecule has 2 aromatic rings. The minimum atomic E-state index is -0.754. The summed E-state index contributed by atoms with van der Waals surface area (Å²) in [7, 11) is 1.23. The molecule has 0 bridgehead atoms. The van der Waals surface area contributed by atoms with Crippen LogP contribution in [0, 0.1) is 0 Å². The van der Waals surface area contributed by atoms with Crippen LogP contribution >= 0.6 is 0 Å². The lowest BCUT2D eigenvalue weighted by Crippen LogP contribution is -2.40. The summed E-state index contributed by atoms with van der Waals surface area (Å²) in [6, 6.07) is 14.4. The van der Waals surface area contributed by atoms with E-state index in [0.29, 0.717) is 5.56 Å². The summed E-state index contributed by atoms with van der Waals surface area (Å²) in [5, 5.41) is 2.79. The van der Waals surface area contributed by atoms with Crippen LogP contribution in [-0.2, 0) is 14.3 Å². The van der Waals surface area contributed by atoms with Crippen LogP contribution in [0.4, 0.5) is 4.79 Å². The highest BCUT2D eigenvalue weighted by atomic mass is 16.6. The molecule has 0 saturated carbocycles. The highest BCUT2D eigenvalue weighted by Crippen LogP contribution is 2.19. The number of nitrogens with one attached hydrogen (secondary N) is 1. The van der Waals surface area contributed by atoms with Gasteiger partial charge in [0.2, 0.25) is 0 Å². The Bertz CT molecular complexity index is 896. The molecule has 1 saturated heterocycles. The van der Waals surface area contributed by atoms with Crippen LogP contribution in [0.15, 0.2) is 54.6 Å². The predicted molar refractivity (Wildman–Crippen MR) is 97.5 cm³/mol. The zero-order valence-electron chi connectivity index (χ0n) is 15.1. The number of carbonyl (C=O) groups excluding carboxylic acids is 4. The van der Waals surface area contributed by atoms with Gasteiger partial charge in [0.1, 0.15) is 0 Å². The zero-order valence-corrected chi connectivity index (χ0v) is 15.1. The molecule has 28 heavy (non-hydrogen) atoms. The Labute approximate surface area is 161 Å². The topological polar surface area (TPSA) is 102 Å². The van der Waals surface area contributed by atoms with E-state index < -0.39 is 29.9 Å². The lowest BCUT2D eigenvalue weighted by molar-refractivity contribution is -0.126. The van der Waals surface area contributed by atoms with Gasteiger partial charge in [-0.1, -0.05) is 42.5 Å². The molecule has 8 heteroatoms. The third kappa shape index (κ3) is 4.01. The quantitative estimate of drug-likeness (QED) is 0.766. The Morgan fingerprint density at radius 2 is 1.71 bits per heavy atom. The van der Waals surface area contributed by atoms with Gasteiger partial charge in [-0.05, 0) is 17.7 Å². The molecule has 1 aliphatic rings. The SMILES string of the molecule is COC(=O)c1ccccc1C(=O)NC(CN1C(=O)COC1=O)c1ccccc1. The third-order valence-electron chi connectivity index (χ3n) is 4.29. The first-order chi connectivity index (χ1) is 13.5. The molecule has 1 atom stereocenters. The largest absolute Gasteiger partial charge is 0.465 e. The molecule has 1 heterocycles. The second kappa shape index (κ2) is 8.34. The predicted octanol–water partition coefficient (Wildman–Crippen LogP) is 1.92. The molecule has 1 fully saturated rings. The Morgan fingerprint density at radius 3 is 2.32 bits per heavy atom. The molecule has 0 aliphatic carbocycles. The first kappa shape index (κ1) is 19.1. The molecular weight excluding hydrogens is 364 g/mol. The van der Waals surface area contributed by atoms with Gasteiger partial charge in [-0.25, -0.2) is 14.5 Å². The summed E-state index contributed by atoms with van der Waals surface area (Å²) in [5.41, 5.74) is 0.940. The van der Waals surface area contributed by atoms with E-state index >= 15 is 0 Å². The minimum absolute atomic E-state index is 0.0895. The fraction of sp³-hybridized carbons (Fsp3) is 0.200. The maximum absolute atomic E-state index is 12.9. The maximum Gasteiger partial charge on any atom is 0.417 e. The maximum atomic E-state index is 12.9. The number of carbonyl (C=O) groups is 4. The number of esters is 1. The van der Waals surface area contributed by atoms with Crippen molar-refractivity contribution in [3.8, 4) is 0 Å². The Hall–Kier alpha value is -3.68. The molecule has 0 spiro atoms. The monoisotopic (exact) mass is 382 g/mol. The number of amides is 3. The van der Waals surface area contributed by atoms with Crippen molar-refractivity contribution in [1.29, 1.82) is 0 Å². The summed E-state index contributed by atoms with van der Waals surface area (Å²) >= 11 is 0. The second-order valence-electron chi connectivity index (χ2n) is 6.03. The first-order valence-corrected chi connectivity index (χ1v) is 8.51. The summed E-state index contributed by atoms with van der Waals surface area (Å²) in [6.45, 7) is -0.409. The van der Waals surface area contributed by atoms with Crippen LogP contribution in [0.2, 0.25) is 0 Å². The highest BCUT2D eigenvalue weighted by molar-refractivity contribution is 6.05. The van der Waals surface area contributed by atoms with Crippen LogP contribution in [-0.4, -0.2) is 49.0 Å².